The first-order chi connectivity index (χ1) is 14.1. The predicted molar refractivity (Wildman–Crippen MR) is 117 cm³/mol. The van der Waals surface area contributed by atoms with Crippen LogP contribution in [-0.4, -0.2) is 41.9 Å². The van der Waals surface area contributed by atoms with Gasteiger partial charge in [0.05, 0.1) is 18.9 Å². The number of rotatable bonds is 7. The summed E-state index contributed by atoms with van der Waals surface area (Å²) in [4.78, 5) is 24.0. The van der Waals surface area contributed by atoms with Gasteiger partial charge in [-0.3, -0.25) is 9.89 Å². The van der Waals surface area contributed by atoms with Crippen molar-refractivity contribution in [3.05, 3.63) is 11.8 Å². The SMILES string of the molecule is CC.CC.CCOC(=O)c1cn[nH]c1NC(=O)CCC1CCCC(OC)CCC1. The van der Waals surface area contributed by atoms with Crippen molar-refractivity contribution in [3.8, 4) is 0 Å². The second-order valence-corrected chi connectivity index (χ2v) is 6.55. The molecule has 1 aliphatic carbocycles. The Hall–Kier alpha value is -1.89. The summed E-state index contributed by atoms with van der Waals surface area (Å²) < 4.78 is 10.4. The molecule has 1 aromatic rings. The van der Waals surface area contributed by atoms with E-state index in [0.717, 1.165) is 44.9 Å². The summed E-state index contributed by atoms with van der Waals surface area (Å²) in [5.74, 6) is 0.296. The molecule has 7 heteroatoms. The molecule has 1 aliphatic rings. The molecular weight excluding hydrogens is 370 g/mol. The van der Waals surface area contributed by atoms with E-state index in [2.05, 4.69) is 15.5 Å². The highest BCUT2D eigenvalue weighted by Crippen LogP contribution is 2.27. The lowest BCUT2D eigenvalue weighted by atomic mass is 9.87. The first kappa shape index (κ1) is 27.1. The quantitative estimate of drug-likeness (QED) is 0.590. The second-order valence-electron chi connectivity index (χ2n) is 6.55. The Bertz CT molecular complexity index is 550. The van der Waals surface area contributed by atoms with E-state index in [1.807, 2.05) is 27.7 Å². The van der Waals surface area contributed by atoms with E-state index in [4.69, 9.17) is 9.47 Å². The number of hydrogen-bond acceptors (Lipinski definition) is 5. The van der Waals surface area contributed by atoms with E-state index in [1.165, 1.54) is 6.20 Å². The van der Waals surface area contributed by atoms with Crippen LogP contribution in [0.2, 0.25) is 0 Å². The van der Waals surface area contributed by atoms with Gasteiger partial charge in [0.25, 0.3) is 0 Å². The number of aromatic nitrogens is 2. The fourth-order valence-corrected chi connectivity index (χ4v) is 3.36. The van der Waals surface area contributed by atoms with Crippen molar-refractivity contribution in [1.29, 1.82) is 0 Å². The van der Waals surface area contributed by atoms with Gasteiger partial charge in [-0.1, -0.05) is 53.4 Å². The molecule has 1 saturated carbocycles. The number of carbonyl (C=O) groups excluding carboxylic acids is 2. The molecule has 1 amide bonds. The third kappa shape index (κ3) is 10.5. The minimum atomic E-state index is -0.487. The average molecular weight is 412 g/mol. The Morgan fingerprint density at radius 1 is 1.14 bits per heavy atom. The molecule has 168 valence electrons. The lowest BCUT2D eigenvalue weighted by Crippen LogP contribution is -2.18. The summed E-state index contributed by atoms with van der Waals surface area (Å²) in [5.41, 5.74) is 0.256. The van der Waals surface area contributed by atoms with Gasteiger partial charge in [-0.25, -0.2) is 4.79 Å². The van der Waals surface area contributed by atoms with Gasteiger partial charge < -0.3 is 14.8 Å². The van der Waals surface area contributed by atoms with Crippen LogP contribution in [0.15, 0.2) is 6.20 Å². The molecule has 0 spiro atoms. The van der Waals surface area contributed by atoms with Crippen molar-refractivity contribution in [1.82, 2.24) is 10.2 Å². The highest BCUT2D eigenvalue weighted by atomic mass is 16.5. The summed E-state index contributed by atoms with van der Waals surface area (Å²) in [7, 11) is 1.79. The number of carbonyl (C=O) groups is 2. The van der Waals surface area contributed by atoms with Gasteiger partial charge in [-0.05, 0) is 32.1 Å². The monoisotopic (exact) mass is 411 g/mol. The van der Waals surface area contributed by atoms with Crippen LogP contribution in [-0.2, 0) is 14.3 Å². The van der Waals surface area contributed by atoms with Crippen molar-refractivity contribution in [3.63, 3.8) is 0 Å². The zero-order valence-corrected chi connectivity index (χ0v) is 19.2. The largest absolute Gasteiger partial charge is 0.462 e. The maximum atomic E-state index is 12.2. The third-order valence-corrected chi connectivity index (χ3v) is 4.79. The molecule has 1 fully saturated rings. The molecule has 0 atom stereocenters. The lowest BCUT2D eigenvalue weighted by Gasteiger charge is -2.23. The average Bonchev–Trinajstić information content (AvgIpc) is 3.19. The fourth-order valence-electron chi connectivity index (χ4n) is 3.36. The minimum absolute atomic E-state index is 0.105. The van der Waals surface area contributed by atoms with Gasteiger partial charge in [-0.2, -0.15) is 5.10 Å². The van der Waals surface area contributed by atoms with Crippen LogP contribution in [0.25, 0.3) is 0 Å². The summed E-state index contributed by atoms with van der Waals surface area (Å²) in [6, 6.07) is 0. The number of amides is 1. The molecule has 2 rings (SSSR count). The molecule has 0 aliphatic heterocycles. The van der Waals surface area contributed by atoms with E-state index in [9.17, 15) is 9.59 Å². The van der Waals surface area contributed by atoms with E-state index in [-0.39, 0.29) is 18.1 Å². The van der Waals surface area contributed by atoms with Gasteiger partial charge in [0.1, 0.15) is 11.4 Å². The second kappa shape index (κ2) is 17.0. The molecule has 7 nitrogen and oxygen atoms in total. The van der Waals surface area contributed by atoms with Gasteiger partial charge in [0, 0.05) is 13.5 Å². The molecule has 0 bridgehead atoms. The number of anilines is 1. The number of hydrogen-bond donors (Lipinski definition) is 2. The number of ether oxygens (including phenoxy) is 2. The Labute approximate surface area is 176 Å². The van der Waals surface area contributed by atoms with Gasteiger partial charge >= 0.3 is 5.97 Å². The van der Waals surface area contributed by atoms with Crippen LogP contribution in [0.3, 0.4) is 0 Å². The Kier molecular flexibility index (Phi) is 15.9. The van der Waals surface area contributed by atoms with E-state index in [1.54, 1.807) is 14.0 Å². The molecule has 0 unspecified atom stereocenters. The Morgan fingerprint density at radius 2 is 1.76 bits per heavy atom. The van der Waals surface area contributed by atoms with Crippen LogP contribution >= 0.6 is 0 Å². The standard InChI is InChI=1S/C18H29N3O4.2C2H6/c1-3-25-18(23)15-12-19-21-17(15)20-16(22)11-10-13-6-4-8-14(24-2)9-5-7-13;2*1-2/h12-14H,3-11H2,1-2H3,(H2,19,20,21,22);2*1-2H3. The van der Waals surface area contributed by atoms with Gasteiger partial charge in [0.15, 0.2) is 0 Å². The molecule has 0 aromatic carbocycles. The van der Waals surface area contributed by atoms with Gasteiger partial charge in [0.2, 0.25) is 5.91 Å². The van der Waals surface area contributed by atoms with Crippen molar-refractivity contribution in [2.45, 2.75) is 92.1 Å². The molecule has 1 heterocycles. The number of methoxy groups -OCH3 is 1. The van der Waals surface area contributed by atoms with Crippen molar-refractivity contribution < 1.29 is 19.1 Å². The van der Waals surface area contributed by atoms with E-state index >= 15 is 0 Å². The van der Waals surface area contributed by atoms with Crippen molar-refractivity contribution >= 4 is 17.7 Å². The number of nitrogens with one attached hydrogen (secondary N) is 2. The molecule has 29 heavy (non-hydrogen) atoms. The highest BCUT2D eigenvalue weighted by Gasteiger charge is 2.19. The number of H-pyrrole nitrogens is 1. The smallest absolute Gasteiger partial charge is 0.343 e. The minimum Gasteiger partial charge on any atom is -0.462 e. The lowest BCUT2D eigenvalue weighted by molar-refractivity contribution is -0.116. The van der Waals surface area contributed by atoms with Crippen LogP contribution in [0.1, 0.15) is 96.3 Å². The fraction of sp³-hybridized carbons (Fsp3) is 0.773. The maximum Gasteiger partial charge on any atom is 0.343 e. The predicted octanol–water partition coefficient (Wildman–Crippen LogP) is 5.34. The van der Waals surface area contributed by atoms with Crippen LogP contribution in [0, 0.1) is 5.92 Å². The zero-order chi connectivity index (χ0) is 22.1. The Balaban J connectivity index is 0.00000184. The van der Waals surface area contributed by atoms with Crippen LogP contribution in [0.5, 0.6) is 0 Å². The molecule has 1 aromatic heterocycles. The first-order valence-corrected chi connectivity index (χ1v) is 11.2. The zero-order valence-electron chi connectivity index (χ0n) is 19.2. The third-order valence-electron chi connectivity index (χ3n) is 4.79. The number of esters is 1. The van der Waals surface area contributed by atoms with Crippen LogP contribution in [0.4, 0.5) is 5.82 Å². The first-order valence-electron chi connectivity index (χ1n) is 11.2. The highest BCUT2D eigenvalue weighted by molar-refractivity contribution is 5.99. The summed E-state index contributed by atoms with van der Waals surface area (Å²) >= 11 is 0. The van der Waals surface area contributed by atoms with Crippen molar-refractivity contribution in [2.75, 3.05) is 19.0 Å². The molecular formula is C22H41N3O4. The normalized spacial score (nSPS) is 18.7. The Morgan fingerprint density at radius 3 is 2.31 bits per heavy atom. The summed E-state index contributed by atoms with van der Waals surface area (Å²) in [5, 5.41) is 9.20. The maximum absolute atomic E-state index is 12.2. The topological polar surface area (TPSA) is 93.3 Å². The summed E-state index contributed by atoms with van der Waals surface area (Å²) in [6.07, 6.45) is 9.88. The number of aromatic amines is 1. The van der Waals surface area contributed by atoms with E-state index < -0.39 is 5.97 Å². The van der Waals surface area contributed by atoms with Crippen LogP contribution < -0.4 is 5.32 Å². The molecule has 2 N–H and O–H groups in total. The molecule has 0 saturated heterocycles. The number of nitrogens with zero attached hydrogens (tertiary/aromatic N) is 1. The van der Waals surface area contributed by atoms with E-state index in [0.29, 0.717) is 24.3 Å². The van der Waals surface area contributed by atoms with Crippen molar-refractivity contribution in [2.24, 2.45) is 5.92 Å². The molecule has 0 radical (unpaired) electrons. The van der Waals surface area contributed by atoms with Gasteiger partial charge in [-0.15, -0.1) is 0 Å². The summed E-state index contributed by atoms with van der Waals surface area (Å²) in [6.45, 7) is 10.0.